The lowest BCUT2D eigenvalue weighted by atomic mass is 9.95. The van der Waals surface area contributed by atoms with E-state index in [2.05, 4.69) is 5.32 Å². The van der Waals surface area contributed by atoms with E-state index in [4.69, 9.17) is 18.1 Å². The van der Waals surface area contributed by atoms with Gasteiger partial charge in [-0.05, 0) is 6.42 Å². The highest BCUT2D eigenvalue weighted by molar-refractivity contribution is 6.12. The Labute approximate surface area is 90.9 Å². The van der Waals surface area contributed by atoms with Crippen LogP contribution < -0.4 is 5.32 Å². The van der Waals surface area contributed by atoms with Crippen molar-refractivity contribution in [1.82, 2.24) is 10.2 Å². The molecule has 0 saturated carbocycles. The number of hydrogen-bond donors (Lipinski definition) is 3. The van der Waals surface area contributed by atoms with Crippen LogP contribution in [0.5, 0.6) is 0 Å². The second-order valence-corrected chi connectivity index (χ2v) is 4.37. The van der Waals surface area contributed by atoms with E-state index in [1.54, 1.807) is 0 Å². The zero-order valence-electron chi connectivity index (χ0n) is 9.15. The number of alkyl halides is 1. The molecule has 6 heteroatoms. The monoisotopic (exact) mass is 216 g/mol. The van der Waals surface area contributed by atoms with E-state index < -0.39 is 12.0 Å². The van der Waals surface area contributed by atoms with Gasteiger partial charge in [-0.15, -0.1) is 0 Å². The maximum Gasteiger partial charge on any atom is 0.178 e. The van der Waals surface area contributed by atoms with Gasteiger partial charge >= 0.3 is 0 Å². The van der Waals surface area contributed by atoms with Crippen LogP contribution in [0.3, 0.4) is 0 Å². The van der Waals surface area contributed by atoms with Crippen LogP contribution in [0.2, 0.25) is 0 Å². The van der Waals surface area contributed by atoms with E-state index in [-0.39, 0.29) is 18.6 Å². The predicted molar refractivity (Wildman–Crippen MR) is 56.1 cm³/mol. The van der Waals surface area contributed by atoms with Gasteiger partial charge in [0.1, 0.15) is 6.17 Å². The lowest BCUT2D eigenvalue weighted by molar-refractivity contribution is -0.209. The van der Waals surface area contributed by atoms with Gasteiger partial charge in [-0.1, -0.05) is 13.8 Å². The van der Waals surface area contributed by atoms with Crippen LogP contribution >= 0.6 is 0 Å². The summed E-state index contributed by atoms with van der Waals surface area (Å²) in [5, 5.41) is 21.3. The molecule has 2 atom stereocenters. The van der Waals surface area contributed by atoms with Gasteiger partial charge in [0.25, 0.3) is 0 Å². The summed E-state index contributed by atoms with van der Waals surface area (Å²) in [6.07, 6.45) is -0.622. The Morgan fingerprint density at radius 1 is 1.53 bits per heavy atom. The molecular weight excluding hydrogens is 198 g/mol. The van der Waals surface area contributed by atoms with E-state index in [0.29, 0.717) is 13.0 Å². The molecule has 1 aliphatic heterocycles. The van der Waals surface area contributed by atoms with E-state index in [1.165, 1.54) is 0 Å². The van der Waals surface area contributed by atoms with Gasteiger partial charge in [0.2, 0.25) is 0 Å². The van der Waals surface area contributed by atoms with Crippen molar-refractivity contribution in [1.29, 1.82) is 0 Å². The van der Waals surface area contributed by atoms with Crippen LogP contribution in [0, 0.1) is 0 Å². The number of piperidine rings is 1. The van der Waals surface area contributed by atoms with E-state index >= 15 is 0 Å². The van der Waals surface area contributed by atoms with Crippen molar-refractivity contribution >= 4 is 7.85 Å². The molecule has 4 nitrogen and oxygen atoms in total. The van der Waals surface area contributed by atoms with Crippen molar-refractivity contribution in [2.45, 2.75) is 44.3 Å². The van der Waals surface area contributed by atoms with Crippen molar-refractivity contribution < 1.29 is 14.6 Å². The number of rotatable bonds is 3. The second-order valence-electron chi connectivity index (χ2n) is 4.37. The van der Waals surface area contributed by atoms with Crippen LogP contribution in [0.4, 0.5) is 4.39 Å². The first-order chi connectivity index (χ1) is 6.80. The summed E-state index contributed by atoms with van der Waals surface area (Å²) in [7, 11) is 5.07. The molecule has 0 spiro atoms. The number of nitrogens with zero attached hydrogens (tertiary/aromatic N) is 1. The van der Waals surface area contributed by atoms with Gasteiger partial charge in [-0.3, -0.25) is 4.90 Å². The standard InChI is InChI=1S/C9H18BFN2O2/c1-6(2)12-8-3-4-13(5-7(8)11)9(10,14)15/h6-8,12,14-15H,3-5H2,1-2H3. The SMILES string of the molecule is [B]C(O)(O)N1CCC(NC(C)C)C(F)C1. The Kier molecular flexibility index (Phi) is 4.11. The lowest BCUT2D eigenvalue weighted by Crippen LogP contribution is -2.60. The fourth-order valence-electron chi connectivity index (χ4n) is 1.82. The molecule has 2 unspecified atom stereocenters. The molecule has 0 aromatic rings. The first-order valence-electron chi connectivity index (χ1n) is 5.19. The second kappa shape index (κ2) is 4.78. The topological polar surface area (TPSA) is 55.7 Å². The third-order valence-corrected chi connectivity index (χ3v) is 2.55. The normalized spacial score (nSPS) is 29.7. The molecule has 1 saturated heterocycles. The van der Waals surface area contributed by atoms with Gasteiger partial charge in [-0.2, -0.15) is 0 Å². The smallest absolute Gasteiger partial charge is 0.178 e. The van der Waals surface area contributed by atoms with Crippen LogP contribution in [0.25, 0.3) is 0 Å². The van der Waals surface area contributed by atoms with Gasteiger partial charge in [0, 0.05) is 25.2 Å². The average Bonchev–Trinajstić information content (AvgIpc) is 2.05. The quantitative estimate of drug-likeness (QED) is 0.425. The molecular formula is C9H18BFN2O2. The minimum atomic E-state index is -2.41. The molecule has 15 heavy (non-hydrogen) atoms. The molecule has 86 valence electrons. The molecule has 1 fully saturated rings. The zero-order valence-corrected chi connectivity index (χ0v) is 9.15. The van der Waals surface area contributed by atoms with Crippen molar-refractivity contribution in [3.63, 3.8) is 0 Å². The van der Waals surface area contributed by atoms with Gasteiger partial charge in [0.05, 0.1) is 0 Å². The summed E-state index contributed by atoms with van der Waals surface area (Å²) in [5.41, 5.74) is 0. The average molecular weight is 216 g/mol. The largest absolute Gasteiger partial charge is 0.362 e. The molecule has 0 aromatic carbocycles. The third kappa shape index (κ3) is 3.72. The van der Waals surface area contributed by atoms with Gasteiger partial charge in [-0.25, -0.2) is 4.39 Å². The first kappa shape index (κ1) is 12.9. The fourth-order valence-corrected chi connectivity index (χ4v) is 1.82. The number of hydrogen-bond acceptors (Lipinski definition) is 4. The Balaban J connectivity index is 2.48. The Morgan fingerprint density at radius 3 is 2.53 bits per heavy atom. The minimum absolute atomic E-state index is 0.0616. The van der Waals surface area contributed by atoms with E-state index in [1.807, 2.05) is 13.8 Å². The molecule has 1 heterocycles. The molecule has 0 amide bonds. The first-order valence-corrected chi connectivity index (χ1v) is 5.19. The van der Waals surface area contributed by atoms with Gasteiger partial charge in [0.15, 0.2) is 13.7 Å². The predicted octanol–water partition coefficient (Wildman–Crippen LogP) is -0.839. The molecule has 0 bridgehead atoms. The van der Waals surface area contributed by atoms with Crippen molar-refractivity contribution in [2.75, 3.05) is 13.1 Å². The van der Waals surface area contributed by atoms with Crippen molar-refractivity contribution in [3.05, 3.63) is 0 Å². The summed E-state index contributed by atoms with van der Waals surface area (Å²) in [6, 6.07) is -0.0192. The lowest BCUT2D eigenvalue weighted by Gasteiger charge is -2.41. The van der Waals surface area contributed by atoms with E-state index in [0.717, 1.165) is 4.90 Å². The van der Waals surface area contributed by atoms with Crippen molar-refractivity contribution in [2.24, 2.45) is 0 Å². The highest BCUT2D eigenvalue weighted by Crippen LogP contribution is 2.18. The molecule has 2 radical (unpaired) electrons. The summed E-state index contributed by atoms with van der Waals surface area (Å²) in [5.74, 6) is -2.41. The Hall–Kier alpha value is -0.165. The van der Waals surface area contributed by atoms with Crippen molar-refractivity contribution in [3.8, 4) is 0 Å². The number of nitrogens with one attached hydrogen (secondary N) is 1. The van der Waals surface area contributed by atoms with Gasteiger partial charge < -0.3 is 15.5 Å². The van der Waals surface area contributed by atoms with Crippen LogP contribution in [-0.2, 0) is 0 Å². The highest BCUT2D eigenvalue weighted by atomic mass is 19.1. The fraction of sp³-hybridized carbons (Fsp3) is 1.00. The Morgan fingerprint density at radius 2 is 2.13 bits per heavy atom. The van der Waals surface area contributed by atoms with Crippen LogP contribution in [-0.4, -0.2) is 60.1 Å². The molecule has 3 N–H and O–H groups in total. The number of halogens is 1. The minimum Gasteiger partial charge on any atom is -0.362 e. The van der Waals surface area contributed by atoms with Crippen LogP contribution in [0.1, 0.15) is 20.3 Å². The zero-order chi connectivity index (χ0) is 11.6. The Bertz CT molecular complexity index is 211. The van der Waals surface area contributed by atoms with E-state index in [9.17, 15) is 4.39 Å². The van der Waals surface area contributed by atoms with Crippen LogP contribution in [0.15, 0.2) is 0 Å². The maximum absolute atomic E-state index is 13.6. The molecule has 0 aromatic heterocycles. The number of likely N-dealkylation sites (tertiary alicyclic amines) is 1. The molecule has 1 rings (SSSR count). The number of aliphatic hydroxyl groups is 2. The summed E-state index contributed by atoms with van der Waals surface area (Å²) in [6.45, 7) is 4.21. The summed E-state index contributed by atoms with van der Waals surface area (Å²) < 4.78 is 13.6. The summed E-state index contributed by atoms with van der Waals surface area (Å²) in [4.78, 5) is 1.12. The maximum atomic E-state index is 13.6. The highest BCUT2D eigenvalue weighted by Gasteiger charge is 2.35. The summed E-state index contributed by atoms with van der Waals surface area (Å²) >= 11 is 0. The third-order valence-electron chi connectivity index (χ3n) is 2.55. The molecule has 0 aliphatic carbocycles. The molecule has 1 aliphatic rings.